The van der Waals surface area contributed by atoms with E-state index in [1.807, 2.05) is 51.1 Å². The van der Waals surface area contributed by atoms with Crippen molar-refractivity contribution < 1.29 is 14.6 Å². The van der Waals surface area contributed by atoms with Crippen molar-refractivity contribution in [2.75, 3.05) is 13.2 Å². The number of nitrogens with one attached hydrogen (secondary N) is 1. The van der Waals surface area contributed by atoms with Gasteiger partial charge in [0.05, 0.1) is 6.61 Å². The number of hydrogen-bond acceptors (Lipinski definition) is 3. The largest absolute Gasteiger partial charge is 0.508 e. The van der Waals surface area contributed by atoms with Crippen LogP contribution in [0.15, 0.2) is 42.5 Å². The molecule has 0 radical (unpaired) electrons. The number of fused-ring (bicyclic) bond motifs is 1. The predicted molar refractivity (Wildman–Crippen MR) is 108 cm³/mol. The molecule has 0 spiro atoms. The van der Waals surface area contributed by atoms with Gasteiger partial charge in [-0.15, -0.1) is 0 Å². The lowest BCUT2D eigenvalue weighted by Gasteiger charge is -2.10. The van der Waals surface area contributed by atoms with Crippen molar-refractivity contribution in [3.05, 3.63) is 59.3 Å². The van der Waals surface area contributed by atoms with Crippen molar-refractivity contribution >= 4 is 16.8 Å². The third kappa shape index (κ3) is 3.92. The zero-order chi connectivity index (χ0) is 19.4. The number of nitrogens with zero attached hydrogens (tertiary/aromatic N) is 1. The topological polar surface area (TPSA) is 63.5 Å². The number of carbonyl (C=O) groups is 1. The highest BCUT2D eigenvalue weighted by Crippen LogP contribution is 2.29. The molecule has 1 heterocycles. The number of aryl methyl sites for hydroxylation is 2. The molecule has 1 aromatic heterocycles. The summed E-state index contributed by atoms with van der Waals surface area (Å²) in [5.74, 6) is 1.00. The van der Waals surface area contributed by atoms with Gasteiger partial charge in [0.2, 0.25) is 0 Å². The molecule has 142 valence electrons. The first kappa shape index (κ1) is 18.8. The van der Waals surface area contributed by atoms with Crippen LogP contribution >= 0.6 is 0 Å². The van der Waals surface area contributed by atoms with E-state index in [0.717, 1.165) is 34.3 Å². The van der Waals surface area contributed by atoms with Crippen LogP contribution in [0.5, 0.6) is 11.5 Å². The Morgan fingerprint density at radius 1 is 1.15 bits per heavy atom. The number of benzene rings is 2. The summed E-state index contributed by atoms with van der Waals surface area (Å²) < 4.78 is 7.66. The summed E-state index contributed by atoms with van der Waals surface area (Å²) in [6.45, 7) is 7.87. The normalized spacial score (nSPS) is 10.9. The highest BCUT2D eigenvalue weighted by molar-refractivity contribution is 6.02. The van der Waals surface area contributed by atoms with E-state index in [1.54, 1.807) is 12.1 Å². The van der Waals surface area contributed by atoms with Gasteiger partial charge < -0.3 is 19.7 Å². The van der Waals surface area contributed by atoms with Crippen LogP contribution in [-0.4, -0.2) is 28.7 Å². The van der Waals surface area contributed by atoms with Gasteiger partial charge in [-0.3, -0.25) is 4.79 Å². The van der Waals surface area contributed by atoms with E-state index in [-0.39, 0.29) is 11.7 Å². The zero-order valence-electron chi connectivity index (χ0n) is 16.1. The Morgan fingerprint density at radius 2 is 1.89 bits per heavy atom. The van der Waals surface area contributed by atoms with Crippen LogP contribution in [0, 0.1) is 6.92 Å². The van der Waals surface area contributed by atoms with Crippen LogP contribution < -0.4 is 10.1 Å². The molecule has 0 unspecified atom stereocenters. The molecule has 0 saturated carbocycles. The van der Waals surface area contributed by atoms with Gasteiger partial charge in [-0.1, -0.05) is 12.1 Å². The Kier molecular flexibility index (Phi) is 5.69. The molecule has 3 rings (SSSR count). The summed E-state index contributed by atoms with van der Waals surface area (Å²) in [4.78, 5) is 12.9. The number of phenolic OH excluding ortho intramolecular Hbond substituents is 1. The summed E-state index contributed by atoms with van der Waals surface area (Å²) >= 11 is 0. The van der Waals surface area contributed by atoms with E-state index >= 15 is 0 Å². The molecule has 1 amide bonds. The zero-order valence-corrected chi connectivity index (χ0v) is 16.1. The van der Waals surface area contributed by atoms with Crippen molar-refractivity contribution in [1.29, 1.82) is 0 Å². The van der Waals surface area contributed by atoms with E-state index in [4.69, 9.17) is 4.74 Å². The third-order valence-corrected chi connectivity index (χ3v) is 4.77. The molecule has 0 aliphatic heterocycles. The monoisotopic (exact) mass is 366 g/mol. The minimum atomic E-state index is -0.0673. The molecule has 0 atom stereocenters. The second-order valence-corrected chi connectivity index (χ2v) is 6.50. The van der Waals surface area contributed by atoms with E-state index in [1.165, 1.54) is 0 Å². The van der Waals surface area contributed by atoms with Gasteiger partial charge in [0, 0.05) is 24.0 Å². The van der Waals surface area contributed by atoms with Crippen LogP contribution in [0.25, 0.3) is 10.9 Å². The fourth-order valence-electron chi connectivity index (χ4n) is 3.45. The van der Waals surface area contributed by atoms with Gasteiger partial charge >= 0.3 is 0 Å². The van der Waals surface area contributed by atoms with E-state index in [0.29, 0.717) is 25.3 Å². The second-order valence-electron chi connectivity index (χ2n) is 6.50. The van der Waals surface area contributed by atoms with Gasteiger partial charge in [0.25, 0.3) is 5.91 Å². The molecule has 0 aliphatic carbocycles. The summed E-state index contributed by atoms with van der Waals surface area (Å²) in [5.41, 5.74) is 3.78. The standard InChI is InChI=1S/C22H26N2O3/c1-4-24-20-11-10-18(27-5-2)14-19(20)15(3)21(24)22(26)23-13-12-16-6-8-17(25)9-7-16/h6-11,14,25H,4-5,12-13H2,1-3H3,(H,23,26). The summed E-state index contributed by atoms with van der Waals surface area (Å²) in [7, 11) is 0. The molecule has 0 aliphatic rings. The van der Waals surface area contributed by atoms with Crippen molar-refractivity contribution in [2.45, 2.75) is 33.7 Å². The number of hydrogen-bond donors (Lipinski definition) is 2. The maximum absolute atomic E-state index is 12.9. The van der Waals surface area contributed by atoms with Crippen LogP contribution in [0.4, 0.5) is 0 Å². The predicted octanol–water partition coefficient (Wildman–Crippen LogP) is 4.05. The quantitative estimate of drug-likeness (QED) is 0.663. The second kappa shape index (κ2) is 8.16. The number of rotatable bonds is 7. The van der Waals surface area contributed by atoms with Crippen LogP contribution in [0.1, 0.15) is 35.5 Å². The molecule has 5 nitrogen and oxygen atoms in total. The molecule has 0 bridgehead atoms. The summed E-state index contributed by atoms with van der Waals surface area (Å²) in [5, 5.41) is 13.4. The Bertz CT molecular complexity index is 942. The van der Waals surface area contributed by atoms with Gasteiger partial charge in [-0.2, -0.15) is 0 Å². The van der Waals surface area contributed by atoms with Crippen LogP contribution in [-0.2, 0) is 13.0 Å². The Morgan fingerprint density at radius 3 is 2.56 bits per heavy atom. The minimum absolute atomic E-state index is 0.0673. The number of aromatic nitrogens is 1. The summed E-state index contributed by atoms with van der Waals surface area (Å²) in [6, 6.07) is 13.0. The maximum Gasteiger partial charge on any atom is 0.268 e. The number of aromatic hydroxyl groups is 1. The molecule has 0 fully saturated rings. The SMILES string of the molecule is CCOc1ccc2c(c1)c(C)c(C(=O)NCCc1ccc(O)cc1)n2CC. The van der Waals surface area contributed by atoms with Gasteiger partial charge in [-0.25, -0.2) is 0 Å². The van der Waals surface area contributed by atoms with E-state index in [2.05, 4.69) is 9.88 Å². The first-order valence-corrected chi connectivity index (χ1v) is 9.36. The lowest BCUT2D eigenvalue weighted by molar-refractivity contribution is 0.0945. The van der Waals surface area contributed by atoms with Gasteiger partial charge in [-0.05, 0) is 68.7 Å². The van der Waals surface area contributed by atoms with Crippen molar-refractivity contribution in [3.8, 4) is 11.5 Å². The smallest absolute Gasteiger partial charge is 0.268 e. The number of amides is 1. The van der Waals surface area contributed by atoms with Gasteiger partial charge in [0.1, 0.15) is 17.2 Å². The number of ether oxygens (including phenoxy) is 1. The molecule has 5 heteroatoms. The van der Waals surface area contributed by atoms with E-state index in [9.17, 15) is 9.90 Å². The summed E-state index contributed by atoms with van der Waals surface area (Å²) in [6.07, 6.45) is 0.714. The van der Waals surface area contributed by atoms with Crippen molar-refractivity contribution in [3.63, 3.8) is 0 Å². The Hall–Kier alpha value is -2.95. The molecule has 27 heavy (non-hydrogen) atoms. The molecular weight excluding hydrogens is 340 g/mol. The van der Waals surface area contributed by atoms with Crippen molar-refractivity contribution in [2.24, 2.45) is 0 Å². The van der Waals surface area contributed by atoms with E-state index < -0.39 is 0 Å². The fourth-order valence-corrected chi connectivity index (χ4v) is 3.45. The minimum Gasteiger partial charge on any atom is -0.508 e. The van der Waals surface area contributed by atoms with Crippen molar-refractivity contribution in [1.82, 2.24) is 9.88 Å². The highest BCUT2D eigenvalue weighted by atomic mass is 16.5. The fraction of sp³-hybridized carbons (Fsp3) is 0.318. The Labute approximate surface area is 159 Å². The molecule has 2 aromatic carbocycles. The number of phenols is 1. The maximum atomic E-state index is 12.9. The molecular formula is C22H26N2O3. The first-order valence-electron chi connectivity index (χ1n) is 9.36. The third-order valence-electron chi connectivity index (χ3n) is 4.77. The number of carbonyl (C=O) groups excluding carboxylic acids is 1. The molecule has 0 saturated heterocycles. The first-order chi connectivity index (χ1) is 13.0. The molecule has 3 aromatic rings. The average Bonchev–Trinajstić information content (AvgIpc) is 2.95. The highest BCUT2D eigenvalue weighted by Gasteiger charge is 2.19. The lowest BCUT2D eigenvalue weighted by atomic mass is 10.1. The Balaban J connectivity index is 1.80. The van der Waals surface area contributed by atoms with Crippen LogP contribution in [0.3, 0.4) is 0 Å². The average molecular weight is 366 g/mol. The van der Waals surface area contributed by atoms with Gasteiger partial charge in [0.15, 0.2) is 0 Å². The van der Waals surface area contributed by atoms with Crippen LogP contribution in [0.2, 0.25) is 0 Å². The lowest BCUT2D eigenvalue weighted by Crippen LogP contribution is -2.28. The molecule has 2 N–H and O–H groups in total.